The molecular formula is C24H16N2. The van der Waals surface area contributed by atoms with E-state index in [1.807, 2.05) is 6.20 Å². The van der Waals surface area contributed by atoms with Gasteiger partial charge in [0.05, 0.1) is 0 Å². The number of fused-ring (bicyclic) bond motifs is 9. The van der Waals surface area contributed by atoms with Crippen LogP contribution in [0.5, 0.6) is 0 Å². The lowest BCUT2D eigenvalue weighted by Crippen LogP contribution is -2.47. The lowest BCUT2D eigenvalue weighted by Gasteiger charge is -2.44. The molecule has 1 aliphatic carbocycles. The second kappa shape index (κ2) is 4.83. The lowest BCUT2D eigenvalue weighted by molar-refractivity contribution is 0.366. The van der Waals surface area contributed by atoms with Crippen LogP contribution in [0.25, 0.3) is 17.2 Å². The van der Waals surface area contributed by atoms with Gasteiger partial charge in [-0.1, -0.05) is 72.8 Å². The second-order valence-electron chi connectivity index (χ2n) is 6.90. The smallest absolute Gasteiger partial charge is 0.141 e. The van der Waals surface area contributed by atoms with E-state index in [-0.39, 0.29) is 5.54 Å². The predicted octanol–water partition coefficient (Wildman–Crippen LogP) is 5.17. The summed E-state index contributed by atoms with van der Waals surface area (Å²) < 4.78 is 0. The Hall–Kier alpha value is -3.39. The van der Waals surface area contributed by atoms with Crippen molar-refractivity contribution in [2.75, 3.05) is 0 Å². The Bertz CT molecular complexity index is 1100. The Morgan fingerprint density at radius 3 is 2.04 bits per heavy atom. The minimum absolute atomic E-state index is 0.339. The van der Waals surface area contributed by atoms with Gasteiger partial charge in [-0.2, -0.15) is 0 Å². The van der Waals surface area contributed by atoms with Crippen LogP contribution in [-0.2, 0) is 5.54 Å². The van der Waals surface area contributed by atoms with Crippen LogP contribution in [0.15, 0.2) is 96.3 Å². The molecule has 122 valence electrons. The van der Waals surface area contributed by atoms with Crippen LogP contribution in [0.3, 0.4) is 0 Å². The maximum Gasteiger partial charge on any atom is 0.141 e. The molecule has 0 bridgehead atoms. The van der Waals surface area contributed by atoms with Gasteiger partial charge >= 0.3 is 0 Å². The monoisotopic (exact) mass is 332 g/mol. The zero-order chi connectivity index (χ0) is 17.1. The highest BCUT2D eigenvalue weighted by atomic mass is 15.3. The van der Waals surface area contributed by atoms with E-state index in [0.717, 1.165) is 5.84 Å². The third-order valence-electron chi connectivity index (χ3n) is 5.69. The molecule has 0 aromatic heterocycles. The second-order valence-corrected chi connectivity index (χ2v) is 6.90. The summed E-state index contributed by atoms with van der Waals surface area (Å²) in [6.07, 6.45) is 8.59. The number of nitrogens with zero attached hydrogens (tertiary/aromatic N) is 2. The van der Waals surface area contributed by atoms with Crippen molar-refractivity contribution in [3.63, 3.8) is 0 Å². The highest BCUT2D eigenvalue weighted by Gasteiger charge is 2.48. The van der Waals surface area contributed by atoms with Gasteiger partial charge in [0.2, 0.25) is 0 Å². The molecule has 3 aromatic carbocycles. The van der Waals surface area contributed by atoms with Crippen LogP contribution < -0.4 is 0 Å². The molecule has 2 nitrogen and oxygen atoms in total. The molecule has 0 fully saturated rings. The van der Waals surface area contributed by atoms with Crippen molar-refractivity contribution in [2.24, 2.45) is 4.99 Å². The average molecular weight is 332 g/mol. The van der Waals surface area contributed by atoms with Crippen molar-refractivity contribution in [1.82, 2.24) is 4.90 Å². The highest BCUT2D eigenvalue weighted by Crippen LogP contribution is 2.53. The zero-order valence-corrected chi connectivity index (χ0v) is 14.1. The van der Waals surface area contributed by atoms with Crippen LogP contribution in [0.1, 0.15) is 22.3 Å². The largest absolute Gasteiger partial charge is 0.314 e. The first-order valence-electron chi connectivity index (χ1n) is 8.91. The van der Waals surface area contributed by atoms with Crippen LogP contribution in [-0.4, -0.2) is 10.7 Å². The Morgan fingerprint density at radius 1 is 0.692 bits per heavy atom. The van der Waals surface area contributed by atoms with Gasteiger partial charge in [-0.25, -0.2) is 4.99 Å². The van der Waals surface area contributed by atoms with E-state index < -0.39 is 0 Å². The molecule has 1 spiro atoms. The quantitative estimate of drug-likeness (QED) is 0.554. The topological polar surface area (TPSA) is 15.6 Å². The number of amidine groups is 1. The zero-order valence-electron chi connectivity index (χ0n) is 14.1. The minimum atomic E-state index is -0.339. The summed E-state index contributed by atoms with van der Waals surface area (Å²) in [5.41, 5.74) is 7.30. The summed E-state index contributed by atoms with van der Waals surface area (Å²) in [6.45, 7) is 0. The fourth-order valence-electron chi connectivity index (χ4n) is 4.60. The van der Waals surface area contributed by atoms with Gasteiger partial charge < -0.3 is 4.90 Å². The fourth-order valence-corrected chi connectivity index (χ4v) is 4.60. The van der Waals surface area contributed by atoms with Crippen molar-refractivity contribution >= 4 is 11.9 Å². The number of rotatable bonds is 0. The van der Waals surface area contributed by atoms with Gasteiger partial charge in [-0.15, -0.1) is 0 Å². The number of benzene rings is 3. The van der Waals surface area contributed by atoms with Crippen molar-refractivity contribution in [3.8, 4) is 11.1 Å². The average Bonchev–Trinajstić information content (AvgIpc) is 2.99. The molecule has 0 atom stereocenters. The number of aliphatic imine (C=N–C) groups is 1. The Morgan fingerprint density at radius 2 is 1.31 bits per heavy atom. The van der Waals surface area contributed by atoms with Crippen LogP contribution >= 0.6 is 0 Å². The first kappa shape index (κ1) is 13.9. The summed E-state index contributed by atoms with van der Waals surface area (Å²) in [5, 5.41) is 0. The van der Waals surface area contributed by atoms with Gasteiger partial charge in [0, 0.05) is 18.0 Å². The van der Waals surface area contributed by atoms with Gasteiger partial charge in [0.15, 0.2) is 0 Å². The van der Waals surface area contributed by atoms with Crippen molar-refractivity contribution in [3.05, 3.63) is 114 Å². The summed E-state index contributed by atoms with van der Waals surface area (Å²) >= 11 is 0. The molecule has 2 heteroatoms. The number of hydrogen-bond acceptors (Lipinski definition) is 2. The molecule has 0 unspecified atom stereocenters. The maximum absolute atomic E-state index is 4.77. The first-order chi connectivity index (χ1) is 12.9. The van der Waals surface area contributed by atoms with E-state index in [2.05, 4.69) is 96.0 Å². The Labute approximate surface area is 152 Å². The summed E-state index contributed by atoms with van der Waals surface area (Å²) in [7, 11) is 0. The molecule has 26 heavy (non-hydrogen) atoms. The number of hydrogen-bond donors (Lipinski definition) is 0. The van der Waals surface area contributed by atoms with Crippen LogP contribution in [0.2, 0.25) is 0 Å². The van der Waals surface area contributed by atoms with Crippen LogP contribution in [0, 0.1) is 0 Å². The predicted molar refractivity (Wildman–Crippen MR) is 106 cm³/mol. The molecular weight excluding hydrogens is 316 g/mol. The molecule has 0 N–H and O–H groups in total. The third-order valence-corrected chi connectivity index (χ3v) is 5.69. The molecule has 0 saturated carbocycles. The normalized spacial score (nSPS) is 17.4. The SMILES string of the molecule is C1=CC2(c3ccccc3-c3ccccc32)N2C=Cc3ccccc3C2=N1. The standard InChI is InChI=1S/C24H16N2/c1-2-8-18-17(7-1)13-16-26-23(18)25-15-14-24(26)21-11-5-3-9-19(21)20-10-4-6-12-22(20)24/h1-16H. The molecule has 2 aliphatic heterocycles. The van der Waals surface area contributed by atoms with E-state index in [4.69, 9.17) is 4.99 Å². The van der Waals surface area contributed by atoms with E-state index in [0.29, 0.717) is 0 Å². The fraction of sp³-hybridized carbons (Fsp3) is 0.0417. The molecule has 6 rings (SSSR count). The lowest BCUT2D eigenvalue weighted by atomic mass is 9.83. The van der Waals surface area contributed by atoms with Crippen molar-refractivity contribution in [1.29, 1.82) is 0 Å². The minimum Gasteiger partial charge on any atom is -0.314 e. The Balaban J connectivity index is 1.68. The van der Waals surface area contributed by atoms with E-state index >= 15 is 0 Å². The molecule has 0 saturated heterocycles. The molecule has 2 heterocycles. The summed E-state index contributed by atoms with van der Waals surface area (Å²) in [6, 6.07) is 25.9. The van der Waals surface area contributed by atoms with Gasteiger partial charge in [-0.05, 0) is 40.0 Å². The van der Waals surface area contributed by atoms with Gasteiger partial charge in [0.25, 0.3) is 0 Å². The maximum atomic E-state index is 4.77. The van der Waals surface area contributed by atoms with Gasteiger partial charge in [0.1, 0.15) is 11.4 Å². The summed E-state index contributed by atoms with van der Waals surface area (Å²) in [4.78, 5) is 7.10. The van der Waals surface area contributed by atoms with Crippen molar-refractivity contribution < 1.29 is 0 Å². The highest BCUT2D eigenvalue weighted by molar-refractivity contribution is 6.07. The Kier molecular flexibility index (Phi) is 2.57. The molecule has 3 aromatic rings. The molecule has 0 amide bonds. The summed E-state index contributed by atoms with van der Waals surface area (Å²) in [5.74, 6) is 1.01. The molecule has 3 aliphatic rings. The van der Waals surface area contributed by atoms with Crippen LogP contribution in [0.4, 0.5) is 0 Å². The van der Waals surface area contributed by atoms with Gasteiger partial charge in [-0.3, -0.25) is 0 Å². The van der Waals surface area contributed by atoms with E-state index in [1.54, 1.807) is 0 Å². The third kappa shape index (κ3) is 1.55. The van der Waals surface area contributed by atoms with E-state index in [1.165, 1.54) is 33.4 Å². The first-order valence-corrected chi connectivity index (χ1v) is 8.91. The van der Waals surface area contributed by atoms with E-state index in [9.17, 15) is 0 Å². The molecule has 0 radical (unpaired) electrons. The van der Waals surface area contributed by atoms with Crippen molar-refractivity contribution in [2.45, 2.75) is 5.54 Å².